The van der Waals surface area contributed by atoms with E-state index in [-0.39, 0.29) is 5.92 Å². The lowest BCUT2D eigenvalue weighted by molar-refractivity contribution is -0.137. The minimum Gasteiger partial charge on any atom is -0.342 e. The number of para-hydroxylation sites is 2. The number of carbonyl (C=O) groups is 1. The van der Waals surface area contributed by atoms with Crippen LogP contribution in [0, 0.1) is 5.92 Å². The SMILES string of the molecule is O=C(C1CCN(c2nc3ccccc3n2C2CCCCC2)CC1)N1CCc2ccccc2C1. The summed E-state index contributed by atoms with van der Waals surface area (Å²) in [6.45, 7) is 3.45. The van der Waals surface area contributed by atoms with Crippen LogP contribution < -0.4 is 4.90 Å². The second kappa shape index (κ2) is 8.85. The molecule has 3 aliphatic rings. The smallest absolute Gasteiger partial charge is 0.226 e. The highest BCUT2D eigenvalue weighted by Gasteiger charge is 2.32. The van der Waals surface area contributed by atoms with E-state index in [1.54, 1.807) is 0 Å². The molecule has 5 nitrogen and oxygen atoms in total. The molecule has 2 aliphatic heterocycles. The second-order valence-corrected chi connectivity index (χ2v) is 10.1. The van der Waals surface area contributed by atoms with E-state index in [1.165, 1.54) is 48.7 Å². The number of fused-ring (bicyclic) bond motifs is 2. The van der Waals surface area contributed by atoms with Gasteiger partial charge in [0.1, 0.15) is 0 Å². The zero-order valence-electron chi connectivity index (χ0n) is 19.5. The van der Waals surface area contributed by atoms with Crippen LogP contribution in [0.4, 0.5) is 5.95 Å². The predicted octanol–water partition coefficient (Wildman–Crippen LogP) is 5.34. The third kappa shape index (κ3) is 3.92. The first-order valence-electron chi connectivity index (χ1n) is 12.9. The van der Waals surface area contributed by atoms with E-state index >= 15 is 0 Å². The molecule has 5 heteroatoms. The number of aromatic nitrogens is 2. The first-order chi connectivity index (χ1) is 16.3. The number of rotatable bonds is 3. The zero-order chi connectivity index (χ0) is 22.2. The number of anilines is 1. The van der Waals surface area contributed by atoms with E-state index in [4.69, 9.17) is 4.98 Å². The zero-order valence-corrected chi connectivity index (χ0v) is 19.5. The van der Waals surface area contributed by atoms with Gasteiger partial charge in [0.05, 0.1) is 11.0 Å². The molecule has 1 aromatic heterocycles. The third-order valence-electron chi connectivity index (χ3n) is 8.09. The van der Waals surface area contributed by atoms with Crippen LogP contribution in [0.15, 0.2) is 48.5 Å². The van der Waals surface area contributed by atoms with E-state index in [0.717, 1.165) is 56.9 Å². The fourth-order valence-electron chi connectivity index (χ4n) is 6.22. The molecule has 0 radical (unpaired) electrons. The third-order valence-corrected chi connectivity index (χ3v) is 8.09. The summed E-state index contributed by atoms with van der Waals surface area (Å²) in [7, 11) is 0. The lowest BCUT2D eigenvalue weighted by Crippen LogP contribution is -2.45. The molecule has 1 aliphatic carbocycles. The van der Waals surface area contributed by atoms with Crippen molar-refractivity contribution in [1.29, 1.82) is 0 Å². The number of hydrogen-bond acceptors (Lipinski definition) is 3. The standard InChI is InChI=1S/C28H34N4O/c33-27(31-19-14-21-8-4-5-9-23(21)20-31)22-15-17-30(18-16-22)28-29-25-12-6-7-13-26(25)32(28)24-10-2-1-3-11-24/h4-9,12-13,22,24H,1-3,10-11,14-20H2. The Morgan fingerprint density at radius 1 is 0.818 bits per heavy atom. The molecule has 0 bridgehead atoms. The fourth-order valence-corrected chi connectivity index (χ4v) is 6.22. The summed E-state index contributed by atoms with van der Waals surface area (Å²) >= 11 is 0. The number of nitrogens with zero attached hydrogens (tertiary/aromatic N) is 4. The van der Waals surface area contributed by atoms with E-state index in [1.807, 2.05) is 0 Å². The summed E-state index contributed by atoms with van der Waals surface area (Å²) in [6, 6.07) is 17.7. The van der Waals surface area contributed by atoms with E-state index < -0.39 is 0 Å². The Kier molecular flexibility index (Phi) is 5.57. The highest BCUT2D eigenvalue weighted by molar-refractivity contribution is 5.80. The van der Waals surface area contributed by atoms with Crippen LogP contribution in [-0.4, -0.2) is 40.0 Å². The number of amides is 1. The van der Waals surface area contributed by atoms with Crippen LogP contribution in [0.3, 0.4) is 0 Å². The Labute approximate surface area is 196 Å². The highest BCUT2D eigenvalue weighted by Crippen LogP contribution is 2.36. The van der Waals surface area contributed by atoms with Crippen LogP contribution in [0.25, 0.3) is 11.0 Å². The summed E-state index contributed by atoms with van der Waals surface area (Å²) in [4.78, 5) is 23.0. The summed E-state index contributed by atoms with van der Waals surface area (Å²) < 4.78 is 2.53. The maximum Gasteiger partial charge on any atom is 0.226 e. The maximum atomic E-state index is 13.3. The first-order valence-corrected chi connectivity index (χ1v) is 12.9. The predicted molar refractivity (Wildman–Crippen MR) is 132 cm³/mol. The number of hydrogen-bond donors (Lipinski definition) is 0. The van der Waals surface area contributed by atoms with Crippen LogP contribution in [-0.2, 0) is 17.8 Å². The van der Waals surface area contributed by atoms with Crippen LogP contribution in [0.5, 0.6) is 0 Å². The summed E-state index contributed by atoms with van der Waals surface area (Å²) in [6.07, 6.45) is 9.30. The molecule has 1 amide bonds. The van der Waals surface area contributed by atoms with Crippen LogP contribution in [0.2, 0.25) is 0 Å². The molecule has 33 heavy (non-hydrogen) atoms. The van der Waals surface area contributed by atoms with Gasteiger partial charge in [-0.25, -0.2) is 4.98 Å². The average Bonchev–Trinajstić information content (AvgIpc) is 3.28. The molecular weight excluding hydrogens is 408 g/mol. The van der Waals surface area contributed by atoms with Crippen molar-refractivity contribution in [2.45, 2.75) is 64.0 Å². The Morgan fingerprint density at radius 2 is 1.55 bits per heavy atom. The number of benzene rings is 2. The van der Waals surface area contributed by atoms with Gasteiger partial charge in [-0.1, -0.05) is 55.7 Å². The molecule has 6 rings (SSSR count). The van der Waals surface area contributed by atoms with E-state index in [0.29, 0.717) is 11.9 Å². The van der Waals surface area contributed by atoms with Crippen molar-refractivity contribution in [3.8, 4) is 0 Å². The monoisotopic (exact) mass is 442 g/mol. The topological polar surface area (TPSA) is 41.4 Å². The minimum absolute atomic E-state index is 0.138. The van der Waals surface area contributed by atoms with Crippen molar-refractivity contribution in [3.63, 3.8) is 0 Å². The van der Waals surface area contributed by atoms with Gasteiger partial charge in [-0.05, 0) is 55.4 Å². The van der Waals surface area contributed by atoms with Crippen molar-refractivity contribution in [1.82, 2.24) is 14.5 Å². The molecule has 1 saturated carbocycles. The number of piperidine rings is 1. The van der Waals surface area contributed by atoms with Gasteiger partial charge in [0.2, 0.25) is 11.9 Å². The van der Waals surface area contributed by atoms with Gasteiger partial charge < -0.3 is 14.4 Å². The molecule has 2 aromatic carbocycles. The van der Waals surface area contributed by atoms with Crippen molar-refractivity contribution in [2.24, 2.45) is 5.92 Å². The Hall–Kier alpha value is -2.82. The molecular formula is C28H34N4O. The second-order valence-electron chi connectivity index (χ2n) is 10.1. The average molecular weight is 443 g/mol. The van der Waals surface area contributed by atoms with Gasteiger partial charge in [0.15, 0.2) is 0 Å². The van der Waals surface area contributed by atoms with Crippen molar-refractivity contribution >= 4 is 22.9 Å². The van der Waals surface area contributed by atoms with E-state index in [9.17, 15) is 4.79 Å². The largest absolute Gasteiger partial charge is 0.342 e. The first kappa shape index (κ1) is 20.8. The molecule has 3 aromatic rings. The van der Waals surface area contributed by atoms with Gasteiger partial charge in [-0.2, -0.15) is 0 Å². The molecule has 0 spiro atoms. The van der Waals surface area contributed by atoms with Gasteiger partial charge >= 0.3 is 0 Å². The molecule has 0 N–H and O–H groups in total. The van der Waals surface area contributed by atoms with Gasteiger partial charge in [-0.15, -0.1) is 0 Å². The Morgan fingerprint density at radius 3 is 2.36 bits per heavy atom. The lowest BCUT2D eigenvalue weighted by Gasteiger charge is -2.37. The molecule has 0 atom stereocenters. The van der Waals surface area contributed by atoms with Gasteiger partial charge in [0.25, 0.3) is 0 Å². The molecule has 172 valence electrons. The minimum atomic E-state index is 0.138. The van der Waals surface area contributed by atoms with E-state index in [2.05, 4.69) is 62.9 Å². The summed E-state index contributed by atoms with van der Waals surface area (Å²) in [5.41, 5.74) is 5.08. The number of carbonyl (C=O) groups excluding carboxylic acids is 1. The molecule has 2 fully saturated rings. The summed E-state index contributed by atoms with van der Waals surface area (Å²) in [5.74, 6) is 1.62. The van der Waals surface area contributed by atoms with Gasteiger partial charge in [-0.3, -0.25) is 4.79 Å². The highest BCUT2D eigenvalue weighted by atomic mass is 16.2. The fraction of sp³-hybridized carbons (Fsp3) is 0.500. The van der Waals surface area contributed by atoms with Crippen LogP contribution >= 0.6 is 0 Å². The molecule has 1 saturated heterocycles. The lowest BCUT2D eigenvalue weighted by atomic mass is 9.93. The number of imidazole rings is 1. The van der Waals surface area contributed by atoms with Crippen LogP contribution in [0.1, 0.15) is 62.1 Å². The Balaban J connectivity index is 1.18. The summed E-state index contributed by atoms with van der Waals surface area (Å²) in [5, 5.41) is 0. The van der Waals surface area contributed by atoms with Crippen molar-refractivity contribution < 1.29 is 4.79 Å². The van der Waals surface area contributed by atoms with Crippen molar-refractivity contribution in [2.75, 3.05) is 24.5 Å². The van der Waals surface area contributed by atoms with Gasteiger partial charge in [0, 0.05) is 38.1 Å². The normalized spacial score (nSPS) is 20.2. The van der Waals surface area contributed by atoms with Crippen molar-refractivity contribution in [3.05, 3.63) is 59.7 Å². The quantitative estimate of drug-likeness (QED) is 0.550. The molecule has 0 unspecified atom stereocenters. The maximum absolute atomic E-state index is 13.3. The molecule has 3 heterocycles. The Bertz CT molecular complexity index is 1140.